The van der Waals surface area contributed by atoms with E-state index in [1.807, 2.05) is 13.0 Å². The first-order valence-electron chi connectivity index (χ1n) is 3.05. The van der Waals surface area contributed by atoms with Crippen molar-refractivity contribution in [1.29, 1.82) is 5.26 Å². The number of thiol groups is 1. The van der Waals surface area contributed by atoms with Crippen LogP contribution in [0.25, 0.3) is 0 Å². The van der Waals surface area contributed by atoms with Crippen LogP contribution in [0.2, 0.25) is 0 Å². The van der Waals surface area contributed by atoms with Crippen LogP contribution in [0.3, 0.4) is 0 Å². The minimum absolute atomic E-state index is 0.679. The third kappa shape index (κ3) is 1.58. The molecule has 1 aromatic rings. The predicted molar refractivity (Wildman–Crippen MR) is 50.8 cm³/mol. The quantitative estimate of drug-likeness (QED) is 0.678. The van der Waals surface area contributed by atoms with Gasteiger partial charge < -0.3 is 0 Å². The maximum Gasteiger partial charge on any atom is 0.0994 e. The second-order valence-corrected chi connectivity index (χ2v) is 3.48. The van der Waals surface area contributed by atoms with E-state index in [4.69, 9.17) is 5.26 Å². The van der Waals surface area contributed by atoms with Gasteiger partial charge in [-0.2, -0.15) is 5.26 Å². The van der Waals surface area contributed by atoms with E-state index in [1.54, 1.807) is 6.07 Å². The second kappa shape index (κ2) is 3.29. The summed E-state index contributed by atoms with van der Waals surface area (Å²) in [5, 5.41) is 8.63. The van der Waals surface area contributed by atoms with Crippen LogP contribution in [0.5, 0.6) is 0 Å². The molecule has 0 unspecified atom stereocenters. The molecule has 0 aliphatic heterocycles. The number of hydrogen-bond acceptors (Lipinski definition) is 2. The van der Waals surface area contributed by atoms with E-state index >= 15 is 0 Å². The molecule has 0 N–H and O–H groups in total. The molecule has 0 atom stereocenters. The summed E-state index contributed by atoms with van der Waals surface area (Å²) < 4.78 is 0.928. The first-order valence-corrected chi connectivity index (χ1v) is 4.29. The molecule has 0 heterocycles. The number of nitrogens with zero attached hydrogens (tertiary/aromatic N) is 1. The fraction of sp³-hybridized carbons (Fsp3) is 0.125. The zero-order valence-electron chi connectivity index (χ0n) is 5.93. The number of hydrogen-bond donors (Lipinski definition) is 1. The minimum Gasteiger partial charge on any atom is -0.192 e. The van der Waals surface area contributed by atoms with E-state index in [9.17, 15) is 0 Å². The average Bonchev–Trinajstić information content (AvgIpc) is 2.01. The van der Waals surface area contributed by atoms with Gasteiger partial charge in [-0.05, 0) is 40.5 Å². The number of nitriles is 1. The molecule has 0 bridgehead atoms. The van der Waals surface area contributed by atoms with E-state index in [1.165, 1.54) is 0 Å². The summed E-state index contributed by atoms with van der Waals surface area (Å²) in [5.74, 6) is 0. The van der Waals surface area contributed by atoms with Crippen molar-refractivity contribution in [3.8, 4) is 6.07 Å². The summed E-state index contributed by atoms with van der Waals surface area (Å²) in [7, 11) is 0. The molecular formula is C8H6BrNS. The molecule has 0 spiro atoms. The summed E-state index contributed by atoms with van der Waals surface area (Å²) in [6.07, 6.45) is 0. The fourth-order valence-corrected chi connectivity index (χ4v) is 1.41. The number of rotatable bonds is 0. The largest absolute Gasteiger partial charge is 0.192 e. The van der Waals surface area contributed by atoms with Crippen LogP contribution in [0.4, 0.5) is 0 Å². The summed E-state index contributed by atoms with van der Waals surface area (Å²) in [6, 6.07) is 5.70. The Hall–Kier alpha value is -0.460. The average molecular weight is 228 g/mol. The highest BCUT2D eigenvalue weighted by atomic mass is 79.9. The second-order valence-electron chi connectivity index (χ2n) is 2.18. The maximum atomic E-state index is 8.63. The third-order valence-electron chi connectivity index (χ3n) is 1.50. The van der Waals surface area contributed by atoms with Crippen molar-refractivity contribution in [2.75, 3.05) is 0 Å². The Morgan fingerprint density at radius 3 is 2.73 bits per heavy atom. The van der Waals surface area contributed by atoms with Crippen molar-refractivity contribution >= 4 is 28.6 Å². The molecule has 1 aromatic carbocycles. The molecule has 0 fully saturated rings. The smallest absolute Gasteiger partial charge is 0.0994 e. The van der Waals surface area contributed by atoms with E-state index in [-0.39, 0.29) is 0 Å². The van der Waals surface area contributed by atoms with Gasteiger partial charge in [-0.3, -0.25) is 0 Å². The molecule has 0 aliphatic rings. The van der Waals surface area contributed by atoms with Crippen LogP contribution in [0.15, 0.2) is 21.5 Å². The SMILES string of the molecule is Cc1c(C#N)ccc(Br)c1S. The Bertz CT molecular complexity index is 328. The Kier molecular flexibility index (Phi) is 2.58. The molecule has 1 rings (SSSR count). The first kappa shape index (κ1) is 8.63. The van der Waals surface area contributed by atoms with E-state index in [2.05, 4.69) is 34.6 Å². The molecule has 56 valence electrons. The Morgan fingerprint density at radius 2 is 2.18 bits per heavy atom. The van der Waals surface area contributed by atoms with E-state index in [0.29, 0.717) is 5.56 Å². The van der Waals surface area contributed by atoms with Gasteiger partial charge in [-0.25, -0.2) is 0 Å². The van der Waals surface area contributed by atoms with Gasteiger partial charge >= 0.3 is 0 Å². The van der Waals surface area contributed by atoms with Crippen molar-refractivity contribution in [3.63, 3.8) is 0 Å². The molecule has 0 radical (unpaired) electrons. The molecule has 0 aromatic heterocycles. The number of halogens is 1. The zero-order chi connectivity index (χ0) is 8.43. The standard InChI is InChI=1S/C8H6BrNS/c1-5-6(4-10)2-3-7(9)8(5)11/h2-3,11H,1H3. The normalized spacial score (nSPS) is 9.27. The molecule has 3 heteroatoms. The molecule has 0 saturated heterocycles. The molecule has 0 amide bonds. The van der Waals surface area contributed by atoms with Crippen molar-refractivity contribution in [3.05, 3.63) is 27.7 Å². The van der Waals surface area contributed by atoms with Gasteiger partial charge in [0.2, 0.25) is 0 Å². The van der Waals surface area contributed by atoms with Crippen LogP contribution < -0.4 is 0 Å². The Balaban J connectivity index is 3.40. The predicted octanol–water partition coefficient (Wildman–Crippen LogP) is 2.92. The highest BCUT2D eigenvalue weighted by Gasteiger charge is 2.03. The van der Waals surface area contributed by atoms with Crippen molar-refractivity contribution < 1.29 is 0 Å². The van der Waals surface area contributed by atoms with Crippen molar-refractivity contribution in [1.82, 2.24) is 0 Å². The lowest BCUT2D eigenvalue weighted by Gasteiger charge is -2.02. The van der Waals surface area contributed by atoms with Crippen molar-refractivity contribution in [2.24, 2.45) is 0 Å². The number of benzene rings is 1. The van der Waals surface area contributed by atoms with Crippen LogP contribution in [0, 0.1) is 18.3 Å². The summed E-state index contributed by atoms with van der Waals surface area (Å²) in [6.45, 7) is 1.88. The summed E-state index contributed by atoms with van der Waals surface area (Å²) in [5.41, 5.74) is 1.60. The first-order chi connectivity index (χ1) is 5.16. The van der Waals surface area contributed by atoms with Gasteiger partial charge in [0.05, 0.1) is 11.6 Å². The Morgan fingerprint density at radius 1 is 1.55 bits per heavy atom. The molecule has 0 aliphatic carbocycles. The molecule has 1 nitrogen and oxygen atoms in total. The lowest BCUT2D eigenvalue weighted by molar-refractivity contribution is 1.25. The fourth-order valence-electron chi connectivity index (χ4n) is 0.788. The lowest BCUT2D eigenvalue weighted by atomic mass is 10.1. The highest BCUT2D eigenvalue weighted by Crippen LogP contribution is 2.25. The van der Waals surface area contributed by atoms with E-state index in [0.717, 1.165) is 14.9 Å². The van der Waals surface area contributed by atoms with Crippen LogP contribution >= 0.6 is 28.6 Å². The zero-order valence-corrected chi connectivity index (χ0v) is 8.41. The molecular weight excluding hydrogens is 222 g/mol. The van der Waals surface area contributed by atoms with Crippen molar-refractivity contribution in [2.45, 2.75) is 11.8 Å². The van der Waals surface area contributed by atoms with Crippen LogP contribution in [-0.4, -0.2) is 0 Å². The van der Waals surface area contributed by atoms with Crippen LogP contribution in [-0.2, 0) is 0 Å². The maximum absolute atomic E-state index is 8.63. The van der Waals surface area contributed by atoms with Gasteiger partial charge in [-0.15, -0.1) is 12.6 Å². The van der Waals surface area contributed by atoms with Gasteiger partial charge in [0.15, 0.2) is 0 Å². The molecule has 11 heavy (non-hydrogen) atoms. The third-order valence-corrected chi connectivity index (χ3v) is 3.05. The van der Waals surface area contributed by atoms with Gasteiger partial charge in [0, 0.05) is 9.37 Å². The Labute approximate surface area is 79.6 Å². The minimum atomic E-state index is 0.679. The topological polar surface area (TPSA) is 23.8 Å². The van der Waals surface area contributed by atoms with Gasteiger partial charge in [0.25, 0.3) is 0 Å². The molecule has 0 saturated carbocycles. The van der Waals surface area contributed by atoms with Gasteiger partial charge in [0.1, 0.15) is 0 Å². The summed E-state index contributed by atoms with van der Waals surface area (Å²) in [4.78, 5) is 0.837. The monoisotopic (exact) mass is 227 g/mol. The lowest BCUT2D eigenvalue weighted by Crippen LogP contribution is -1.84. The van der Waals surface area contributed by atoms with Gasteiger partial charge in [-0.1, -0.05) is 0 Å². The summed E-state index contributed by atoms with van der Waals surface area (Å²) >= 11 is 7.56. The van der Waals surface area contributed by atoms with E-state index < -0.39 is 0 Å². The highest BCUT2D eigenvalue weighted by molar-refractivity contribution is 9.10. The van der Waals surface area contributed by atoms with Crippen LogP contribution in [0.1, 0.15) is 11.1 Å².